The van der Waals surface area contributed by atoms with Crippen LogP contribution in [-0.4, -0.2) is 13.2 Å². The molecule has 1 atom stereocenters. The monoisotopic (exact) mass is 160 g/mol. The van der Waals surface area contributed by atoms with E-state index >= 15 is 0 Å². The van der Waals surface area contributed by atoms with Gasteiger partial charge in [-0.1, -0.05) is 34.6 Å². The van der Waals surface area contributed by atoms with Crippen LogP contribution in [0.15, 0.2) is 0 Å². The molecule has 0 saturated carbocycles. The zero-order valence-electron chi connectivity index (χ0n) is 8.98. The number of ether oxygens (including phenoxy) is 1. The van der Waals surface area contributed by atoms with Gasteiger partial charge in [-0.25, -0.2) is 0 Å². The molecule has 0 aliphatic carbocycles. The molecule has 0 saturated heterocycles. The van der Waals surface area contributed by atoms with Crippen molar-refractivity contribution in [2.24, 2.45) is 5.92 Å². The molecule has 11 heavy (non-hydrogen) atoms. The molecule has 0 aliphatic heterocycles. The highest BCUT2D eigenvalue weighted by Gasteiger charge is 2.05. The lowest BCUT2D eigenvalue weighted by Crippen LogP contribution is -2.11. The Morgan fingerprint density at radius 1 is 1.18 bits per heavy atom. The summed E-state index contributed by atoms with van der Waals surface area (Å²) in [7, 11) is 1.79. The SMILES string of the molecule is CC.CC[C@H](CC(C)C)OC. The summed E-state index contributed by atoms with van der Waals surface area (Å²) in [6.45, 7) is 10.6. The molecule has 0 N–H and O–H groups in total. The maximum absolute atomic E-state index is 5.21. The van der Waals surface area contributed by atoms with Crippen molar-refractivity contribution < 1.29 is 4.74 Å². The summed E-state index contributed by atoms with van der Waals surface area (Å²) >= 11 is 0. The lowest BCUT2D eigenvalue weighted by atomic mass is 10.0. The number of rotatable bonds is 4. The lowest BCUT2D eigenvalue weighted by Gasteiger charge is -2.14. The fourth-order valence-electron chi connectivity index (χ4n) is 0.955. The predicted molar refractivity (Wildman–Crippen MR) is 51.9 cm³/mol. The predicted octanol–water partition coefficient (Wildman–Crippen LogP) is 3.48. The molecular formula is C10H24O. The third kappa shape index (κ3) is 9.96. The van der Waals surface area contributed by atoms with E-state index in [1.165, 1.54) is 6.42 Å². The van der Waals surface area contributed by atoms with E-state index in [4.69, 9.17) is 4.74 Å². The molecule has 0 bridgehead atoms. The van der Waals surface area contributed by atoms with Crippen molar-refractivity contribution in [2.45, 2.75) is 53.6 Å². The Morgan fingerprint density at radius 2 is 1.64 bits per heavy atom. The largest absolute Gasteiger partial charge is 0.381 e. The van der Waals surface area contributed by atoms with Crippen LogP contribution in [-0.2, 0) is 4.74 Å². The highest BCUT2D eigenvalue weighted by Crippen LogP contribution is 2.09. The van der Waals surface area contributed by atoms with Crippen LogP contribution in [0.2, 0.25) is 0 Å². The van der Waals surface area contributed by atoms with E-state index in [2.05, 4.69) is 20.8 Å². The summed E-state index contributed by atoms with van der Waals surface area (Å²) in [5.74, 6) is 0.759. The Kier molecular flexibility index (Phi) is 12.3. The molecule has 0 heterocycles. The molecule has 0 spiro atoms. The van der Waals surface area contributed by atoms with Gasteiger partial charge in [0.2, 0.25) is 0 Å². The van der Waals surface area contributed by atoms with Crippen molar-refractivity contribution in [1.82, 2.24) is 0 Å². The Bertz CT molecular complexity index is 55.9. The van der Waals surface area contributed by atoms with Crippen LogP contribution in [0.5, 0.6) is 0 Å². The van der Waals surface area contributed by atoms with Crippen molar-refractivity contribution in [3.63, 3.8) is 0 Å². The summed E-state index contributed by atoms with van der Waals surface area (Å²) in [4.78, 5) is 0. The topological polar surface area (TPSA) is 9.23 Å². The Morgan fingerprint density at radius 3 is 1.73 bits per heavy atom. The van der Waals surface area contributed by atoms with Gasteiger partial charge < -0.3 is 4.74 Å². The molecule has 0 amide bonds. The van der Waals surface area contributed by atoms with E-state index in [1.807, 2.05) is 13.8 Å². The van der Waals surface area contributed by atoms with Crippen LogP contribution in [0.1, 0.15) is 47.5 Å². The van der Waals surface area contributed by atoms with Crippen molar-refractivity contribution in [3.8, 4) is 0 Å². The number of methoxy groups -OCH3 is 1. The summed E-state index contributed by atoms with van der Waals surface area (Å²) in [6.07, 6.45) is 2.80. The first kappa shape index (κ1) is 13.5. The normalized spacial score (nSPS) is 12.3. The van der Waals surface area contributed by atoms with Gasteiger partial charge in [0.05, 0.1) is 6.10 Å². The molecule has 0 radical (unpaired) electrons. The molecule has 0 unspecified atom stereocenters. The van der Waals surface area contributed by atoms with Gasteiger partial charge in [0.1, 0.15) is 0 Å². The van der Waals surface area contributed by atoms with E-state index in [-0.39, 0.29) is 0 Å². The first-order chi connectivity index (χ1) is 5.20. The van der Waals surface area contributed by atoms with Crippen LogP contribution in [0.25, 0.3) is 0 Å². The van der Waals surface area contributed by atoms with Crippen molar-refractivity contribution in [3.05, 3.63) is 0 Å². The zero-order chi connectivity index (χ0) is 9.28. The van der Waals surface area contributed by atoms with Gasteiger partial charge in [-0.2, -0.15) is 0 Å². The molecule has 0 aromatic heterocycles. The fraction of sp³-hybridized carbons (Fsp3) is 1.00. The Labute approximate surface area is 72.1 Å². The average molecular weight is 160 g/mol. The highest BCUT2D eigenvalue weighted by atomic mass is 16.5. The molecule has 1 heteroatoms. The Balaban J connectivity index is 0. The van der Waals surface area contributed by atoms with Gasteiger partial charge in [0.15, 0.2) is 0 Å². The van der Waals surface area contributed by atoms with Gasteiger partial charge >= 0.3 is 0 Å². The van der Waals surface area contributed by atoms with Gasteiger partial charge in [-0.15, -0.1) is 0 Å². The third-order valence-corrected chi connectivity index (χ3v) is 1.52. The average Bonchev–Trinajstić information content (AvgIpc) is 2.03. The second kappa shape index (κ2) is 9.96. The molecule has 0 aromatic rings. The second-order valence-electron chi connectivity index (χ2n) is 2.90. The molecule has 0 aliphatic rings. The third-order valence-electron chi connectivity index (χ3n) is 1.52. The van der Waals surface area contributed by atoms with E-state index in [0.29, 0.717) is 6.10 Å². The maximum Gasteiger partial charge on any atom is 0.0571 e. The van der Waals surface area contributed by atoms with Crippen LogP contribution in [0, 0.1) is 5.92 Å². The van der Waals surface area contributed by atoms with Crippen LogP contribution in [0.4, 0.5) is 0 Å². The summed E-state index contributed by atoms with van der Waals surface area (Å²) in [5.41, 5.74) is 0. The molecule has 1 nitrogen and oxygen atoms in total. The fourth-order valence-corrected chi connectivity index (χ4v) is 0.955. The number of hydrogen-bond acceptors (Lipinski definition) is 1. The molecule has 70 valence electrons. The van der Waals surface area contributed by atoms with Crippen molar-refractivity contribution in [2.75, 3.05) is 7.11 Å². The zero-order valence-corrected chi connectivity index (χ0v) is 8.98. The van der Waals surface area contributed by atoms with E-state index < -0.39 is 0 Å². The molecule has 0 rings (SSSR count). The van der Waals surface area contributed by atoms with Crippen molar-refractivity contribution >= 4 is 0 Å². The molecule has 0 aromatic carbocycles. The van der Waals surface area contributed by atoms with Crippen LogP contribution >= 0.6 is 0 Å². The van der Waals surface area contributed by atoms with Gasteiger partial charge in [0, 0.05) is 7.11 Å². The first-order valence-corrected chi connectivity index (χ1v) is 4.73. The van der Waals surface area contributed by atoms with Crippen molar-refractivity contribution in [1.29, 1.82) is 0 Å². The van der Waals surface area contributed by atoms with Crippen LogP contribution in [0.3, 0.4) is 0 Å². The van der Waals surface area contributed by atoms with E-state index in [9.17, 15) is 0 Å². The highest BCUT2D eigenvalue weighted by molar-refractivity contribution is 4.56. The molecular weight excluding hydrogens is 136 g/mol. The minimum atomic E-state index is 0.477. The van der Waals surface area contributed by atoms with E-state index in [1.54, 1.807) is 7.11 Å². The maximum atomic E-state index is 5.21. The lowest BCUT2D eigenvalue weighted by molar-refractivity contribution is 0.0815. The minimum absolute atomic E-state index is 0.477. The van der Waals surface area contributed by atoms with Gasteiger partial charge in [0.25, 0.3) is 0 Å². The summed E-state index contributed by atoms with van der Waals surface area (Å²) in [5, 5.41) is 0. The van der Waals surface area contributed by atoms with E-state index in [0.717, 1.165) is 12.3 Å². The van der Waals surface area contributed by atoms with Gasteiger partial charge in [-0.05, 0) is 18.8 Å². The van der Waals surface area contributed by atoms with Gasteiger partial charge in [-0.3, -0.25) is 0 Å². The van der Waals surface area contributed by atoms with Crippen LogP contribution < -0.4 is 0 Å². The standard InChI is InChI=1S/C8H18O.C2H6/c1-5-8(9-4)6-7(2)3;1-2/h7-8H,5-6H2,1-4H3;1-2H3/t8-;/m1./s1. The Hall–Kier alpha value is -0.0400. The number of hydrogen-bond donors (Lipinski definition) is 0. The summed E-state index contributed by atoms with van der Waals surface area (Å²) in [6, 6.07) is 0. The molecule has 0 fully saturated rings. The first-order valence-electron chi connectivity index (χ1n) is 4.73. The quantitative estimate of drug-likeness (QED) is 0.611. The smallest absolute Gasteiger partial charge is 0.0571 e. The summed E-state index contributed by atoms with van der Waals surface area (Å²) < 4.78 is 5.21. The minimum Gasteiger partial charge on any atom is -0.381 e. The second-order valence-corrected chi connectivity index (χ2v) is 2.90.